The number of nitrogens with zero attached hydrogens (tertiary/aromatic N) is 1. The fraction of sp³-hybridized carbons (Fsp3) is 0.250. The van der Waals surface area contributed by atoms with Crippen molar-refractivity contribution in [1.82, 2.24) is 5.32 Å². The number of rotatable bonds is 4. The zero-order valence-electron chi connectivity index (χ0n) is 13.1. The molecule has 3 N–H and O–H groups in total. The molecule has 1 fully saturated rings. The van der Waals surface area contributed by atoms with Gasteiger partial charge < -0.3 is 15.5 Å². The van der Waals surface area contributed by atoms with Gasteiger partial charge in [-0.15, -0.1) is 4.48 Å². The summed E-state index contributed by atoms with van der Waals surface area (Å²) in [5.74, 6) is -4.34. The number of carboxylic acid groups (broad SMARTS) is 2. The van der Waals surface area contributed by atoms with E-state index in [2.05, 4.69) is 5.32 Å². The van der Waals surface area contributed by atoms with E-state index in [0.717, 1.165) is 0 Å². The second-order valence-corrected chi connectivity index (χ2v) is 7.18. The third kappa shape index (κ3) is 2.52. The van der Waals surface area contributed by atoms with Crippen molar-refractivity contribution >= 4 is 35.6 Å². The van der Waals surface area contributed by atoms with Crippen molar-refractivity contribution in [2.24, 2.45) is 0 Å². The number of fused-ring (bicyclic) bond motifs is 1. The number of allylic oxidation sites excluding steroid dienone is 1. The van der Waals surface area contributed by atoms with E-state index in [0.29, 0.717) is 4.91 Å². The van der Waals surface area contributed by atoms with Crippen molar-refractivity contribution in [2.75, 3.05) is 0 Å². The SMILES string of the molecule is CC1=C[N+]2(C(=O)O)C(=O)C(NC(=O)C(C(=O)O)c3ccccc3)[C@@H]2S1. The van der Waals surface area contributed by atoms with Gasteiger partial charge in [-0.2, -0.15) is 4.79 Å². The lowest BCUT2D eigenvalue weighted by Crippen LogP contribution is -2.78. The molecule has 0 spiro atoms. The smallest absolute Gasteiger partial charge is 0.480 e. The Bertz CT molecular complexity index is 808. The number of aliphatic carboxylic acids is 1. The molecule has 130 valence electrons. The Morgan fingerprint density at radius 2 is 1.84 bits per heavy atom. The topological polar surface area (TPSA) is 121 Å². The van der Waals surface area contributed by atoms with Gasteiger partial charge in [-0.3, -0.25) is 9.59 Å². The highest BCUT2D eigenvalue weighted by molar-refractivity contribution is 8.03. The van der Waals surface area contributed by atoms with E-state index in [1.54, 1.807) is 25.1 Å². The van der Waals surface area contributed by atoms with E-state index >= 15 is 0 Å². The fourth-order valence-corrected chi connectivity index (χ4v) is 4.46. The summed E-state index contributed by atoms with van der Waals surface area (Å²) in [5.41, 5.74) is 0.284. The maximum atomic E-state index is 12.5. The molecule has 0 saturated carbocycles. The predicted octanol–water partition coefficient (Wildman–Crippen LogP) is 1.31. The molecule has 4 atom stereocenters. The van der Waals surface area contributed by atoms with Crippen LogP contribution in [-0.4, -0.2) is 50.0 Å². The van der Waals surface area contributed by atoms with Gasteiger partial charge in [-0.05, 0) is 12.5 Å². The van der Waals surface area contributed by atoms with Crippen LogP contribution in [0.1, 0.15) is 18.4 Å². The number of β-lactam (4-membered cyclic amide) rings is 1. The lowest BCUT2D eigenvalue weighted by molar-refractivity contribution is -0.770. The fourth-order valence-electron chi connectivity index (χ4n) is 3.11. The highest BCUT2D eigenvalue weighted by Crippen LogP contribution is 2.48. The Labute approximate surface area is 146 Å². The number of benzene rings is 1. The minimum Gasteiger partial charge on any atom is -0.480 e. The Morgan fingerprint density at radius 3 is 2.40 bits per heavy atom. The molecule has 9 heteroatoms. The van der Waals surface area contributed by atoms with Crippen molar-refractivity contribution in [3.63, 3.8) is 0 Å². The van der Waals surface area contributed by atoms with Crippen molar-refractivity contribution in [3.05, 3.63) is 47.0 Å². The maximum absolute atomic E-state index is 12.5. The minimum absolute atomic E-state index is 0.284. The number of imide groups is 1. The quantitative estimate of drug-likeness (QED) is 0.419. The number of carboxylic acids is 1. The van der Waals surface area contributed by atoms with E-state index in [1.165, 1.54) is 30.1 Å². The zero-order chi connectivity index (χ0) is 18.4. The first-order chi connectivity index (χ1) is 11.8. The number of nitrogens with one attached hydrogen (secondary N) is 1. The number of quaternary nitrogens is 1. The van der Waals surface area contributed by atoms with E-state index in [1.807, 2.05) is 0 Å². The first kappa shape index (κ1) is 17.2. The van der Waals surface area contributed by atoms with Gasteiger partial charge >= 0.3 is 18.0 Å². The third-order valence-corrected chi connectivity index (χ3v) is 5.59. The van der Waals surface area contributed by atoms with Crippen LogP contribution in [-0.2, 0) is 14.4 Å². The predicted molar refractivity (Wildman–Crippen MR) is 87.2 cm³/mol. The summed E-state index contributed by atoms with van der Waals surface area (Å²) in [6.07, 6.45) is 0.0248. The monoisotopic (exact) mass is 363 g/mol. The molecule has 2 aliphatic rings. The van der Waals surface area contributed by atoms with Crippen LogP contribution in [0.3, 0.4) is 0 Å². The van der Waals surface area contributed by atoms with Crippen LogP contribution in [0.15, 0.2) is 41.4 Å². The van der Waals surface area contributed by atoms with Gasteiger partial charge in [-0.25, -0.2) is 4.79 Å². The molecule has 1 aromatic carbocycles. The number of carbonyl (C=O) groups excluding carboxylic acids is 2. The van der Waals surface area contributed by atoms with Crippen molar-refractivity contribution < 1.29 is 33.9 Å². The average molecular weight is 363 g/mol. The number of hydrogen-bond donors (Lipinski definition) is 3. The summed E-state index contributed by atoms with van der Waals surface area (Å²) in [5, 5.41) is 20.5. The largest absolute Gasteiger partial charge is 0.527 e. The average Bonchev–Trinajstić information content (AvgIpc) is 2.88. The molecule has 0 aliphatic carbocycles. The molecule has 1 aromatic rings. The molecule has 1 saturated heterocycles. The highest BCUT2D eigenvalue weighted by atomic mass is 32.2. The molecular weight excluding hydrogens is 348 g/mol. The van der Waals surface area contributed by atoms with Crippen LogP contribution in [0.4, 0.5) is 4.79 Å². The molecule has 2 heterocycles. The summed E-state index contributed by atoms with van der Waals surface area (Å²) >= 11 is 1.18. The summed E-state index contributed by atoms with van der Waals surface area (Å²) in [6, 6.07) is 6.88. The minimum atomic E-state index is -1.47. The number of hydrogen-bond acceptors (Lipinski definition) is 5. The van der Waals surface area contributed by atoms with Gasteiger partial charge in [0.2, 0.25) is 11.9 Å². The summed E-state index contributed by atoms with van der Waals surface area (Å²) < 4.78 is -0.871. The molecule has 3 rings (SSSR count). The maximum Gasteiger partial charge on any atom is 0.527 e. The van der Waals surface area contributed by atoms with E-state index in [-0.39, 0.29) is 5.56 Å². The molecule has 8 nitrogen and oxygen atoms in total. The zero-order valence-corrected chi connectivity index (χ0v) is 13.9. The van der Waals surface area contributed by atoms with Gasteiger partial charge in [0.15, 0.2) is 11.3 Å². The van der Waals surface area contributed by atoms with Crippen molar-refractivity contribution in [3.8, 4) is 0 Å². The second kappa shape index (κ2) is 6.01. The lowest BCUT2D eigenvalue weighted by atomic mass is 9.96. The normalized spacial score (nSPS) is 28.4. The van der Waals surface area contributed by atoms with E-state index in [4.69, 9.17) is 0 Å². The lowest BCUT2D eigenvalue weighted by Gasteiger charge is -2.43. The molecule has 0 bridgehead atoms. The van der Waals surface area contributed by atoms with Gasteiger partial charge in [0.05, 0.1) is 0 Å². The summed E-state index contributed by atoms with van der Waals surface area (Å²) in [7, 11) is 0. The molecule has 3 unspecified atom stereocenters. The molecule has 3 amide bonds. The highest BCUT2D eigenvalue weighted by Gasteiger charge is 2.72. The van der Waals surface area contributed by atoms with Crippen LogP contribution in [0.2, 0.25) is 0 Å². The molecule has 2 aliphatic heterocycles. The van der Waals surface area contributed by atoms with Gasteiger partial charge in [0.25, 0.3) is 0 Å². The third-order valence-electron chi connectivity index (χ3n) is 4.27. The molecule has 25 heavy (non-hydrogen) atoms. The summed E-state index contributed by atoms with van der Waals surface area (Å²) in [4.78, 5) is 48.5. The Morgan fingerprint density at radius 1 is 1.20 bits per heavy atom. The van der Waals surface area contributed by atoms with Crippen molar-refractivity contribution in [2.45, 2.75) is 24.3 Å². The van der Waals surface area contributed by atoms with Gasteiger partial charge in [-0.1, -0.05) is 42.1 Å². The molecule has 0 radical (unpaired) electrons. The first-order valence-corrected chi connectivity index (χ1v) is 8.27. The van der Waals surface area contributed by atoms with Gasteiger partial charge in [0, 0.05) is 4.91 Å². The summed E-state index contributed by atoms with van der Waals surface area (Å²) in [6.45, 7) is 1.68. The van der Waals surface area contributed by atoms with Crippen LogP contribution < -0.4 is 5.32 Å². The van der Waals surface area contributed by atoms with Crippen LogP contribution in [0.5, 0.6) is 0 Å². The standard InChI is InChI=1S/C16H14N2O6S/c1-8-7-18(16(23)24)13(20)11(14(18)25-8)17-12(19)10(15(21)22)9-5-3-2-4-6-9/h2-7,10-11,14H,1H3,(H2-,17,19,21,22,23,24)/p+1/t10?,11?,14-,18?/m0/s1. The second-order valence-electron chi connectivity index (χ2n) is 5.81. The number of carbonyl (C=O) groups is 4. The number of amides is 3. The Kier molecular flexibility index (Phi) is 4.13. The Hall–Kier alpha value is -2.65. The van der Waals surface area contributed by atoms with Crippen LogP contribution >= 0.6 is 11.8 Å². The van der Waals surface area contributed by atoms with E-state index < -0.39 is 45.7 Å². The van der Waals surface area contributed by atoms with Gasteiger partial charge in [0.1, 0.15) is 6.20 Å². The first-order valence-electron chi connectivity index (χ1n) is 7.39. The number of thioether (sulfide) groups is 1. The molecule has 0 aromatic heterocycles. The van der Waals surface area contributed by atoms with Crippen LogP contribution in [0, 0.1) is 0 Å². The van der Waals surface area contributed by atoms with E-state index in [9.17, 15) is 29.4 Å². The van der Waals surface area contributed by atoms with Crippen LogP contribution in [0.25, 0.3) is 0 Å². The van der Waals surface area contributed by atoms with Crippen molar-refractivity contribution in [1.29, 1.82) is 0 Å². The Balaban J connectivity index is 1.81. The molecular formula is C16H15N2O6S+.